The topological polar surface area (TPSA) is 63.8 Å². The quantitative estimate of drug-likeness (QED) is 0.560. The Hall–Kier alpha value is -1.83. The Morgan fingerprint density at radius 3 is 2.67 bits per heavy atom. The molecule has 0 fully saturated rings. The van der Waals surface area contributed by atoms with Crippen molar-refractivity contribution in [2.45, 2.75) is 36.5 Å². The molecule has 0 amide bonds. The molecular formula is C20H26N4OS2. The van der Waals surface area contributed by atoms with E-state index in [1.807, 2.05) is 29.3 Å². The molecule has 0 unspecified atom stereocenters. The lowest BCUT2D eigenvalue weighted by atomic mass is 10.1. The fraction of sp³-hybridized carbons (Fsp3) is 0.350. The van der Waals surface area contributed by atoms with Crippen molar-refractivity contribution < 1.29 is 5.11 Å². The average Bonchev–Trinajstić information content (AvgIpc) is 2.96. The van der Waals surface area contributed by atoms with Crippen molar-refractivity contribution in [3.63, 3.8) is 0 Å². The maximum atomic E-state index is 7.00. The van der Waals surface area contributed by atoms with Gasteiger partial charge in [0.1, 0.15) is 0 Å². The summed E-state index contributed by atoms with van der Waals surface area (Å²) in [5.74, 6) is 0. The number of hydrogen-bond acceptors (Lipinski definition) is 6. The molecule has 2 aromatic heterocycles. The van der Waals surface area contributed by atoms with E-state index >= 15 is 0 Å². The maximum Gasteiger partial charge on any atom is 0.187 e. The van der Waals surface area contributed by atoms with Crippen LogP contribution >= 0.6 is 23.5 Å². The second-order valence-electron chi connectivity index (χ2n) is 5.82. The minimum atomic E-state index is 0.757. The van der Waals surface area contributed by atoms with Crippen molar-refractivity contribution >= 4 is 35.3 Å². The van der Waals surface area contributed by atoms with E-state index in [0.29, 0.717) is 0 Å². The van der Waals surface area contributed by atoms with Gasteiger partial charge in [-0.3, -0.25) is 4.57 Å². The van der Waals surface area contributed by atoms with Crippen molar-refractivity contribution in [3.05, 3.63) is 42.3 Å². The first-order valence-corrected chi connectivity index (χ1v) is 11.1. The summed E-state index contributed by atoms with van der Waals surface area (Å²) >= 11 is 3.15. The van der Waals surface area contributed by atoms with Gasteiger partial charge in [-0.05, 0) is 50.3 Å². The summed E-state index contributed by atoms with van der Waals surface area (Å²) in [7, 11) is 1.00. The molecule has 1 N–H and O–H groups in total. The van der Waals surface area contributed by atoms with Gasteiger partial charge in [0.05, 0.1) is 17.1 Å². The van der Waals surface area contributed by atoms with Crippen LogP contribution in [0.15, 0.2) is 46.9 Å². The predicted molar refractivity (Wildman–Crippen MR) is 117 cm³/mol. The van der Waals surface area contributed by atoms with Crippen LogP contribution in [-0.4, -0.2) is 44.2 Å². The zero-order chi connectivity index (χ0) is 19.8. The molecule has 1 aliphatic rings. The molecule has 144 valence electrons. The van der Waals surface area contributed by atoms with Crippen LogP contribution in [-0.2, 0) is 0 Å². The maximum absolute atomic E-state index is 7.00. The van der Waals surface area contributed by atoms with Crippen LogP contribution in [0.3, 0.4) is 0 Å². The highest BCUT2D eigenvalue weighted by Crippen LogP contribution is 2.35. The van der Waals surface area contributed by atoms with E-state index < -0.39 is 0 Å². The molecule has 7 heteroatoms. The molecular weight excluding hydrogens is 376 g/mol. The van der Waals surface area contributed by atoms with E-state index in [1.165, 1.54) is 29.3 Å². The molecule has 27 heavy (non-hydrogen) atoms. The number of hydrogen-bond donors (Lipinski definition) is 1. The van der Waals surface area contributed by atoms with E-state index in [0.717, 1.165) is 47.3 Å². The van der Waals surface area contributed by atoms with Crippen LogP contribution < -0.4 is 0 Å². The van der Waals surface area contributed by atoms with Gasteiger partial charge in [0.15, 0.2) is 10.3 Å². The lowest BCUT2D eigenvalue weighted by molar-refractivity contribution is 0.399. The molecule has 0 saturated heterocycles. The molecule has 5 nitrogen and oxygen atoms in total. The molecule has 0 aromatic carbocycles. The summed E-state index contributed by atoms with van der Waals surface area (Å²) in [6, 6.07) is 1.94. The van der Waals surface area contributed by atoms with Crippen LogP contribution in [0.1, 0.15) is 31.9 Å². The number of nitrogens with zero attached hydrogens (tertiary/aromatic N) is 4. The van der Waals surface area contributed by atoms with E-state index in [2.05, 4.69) is 30.6 Å². The molecule has 0 spiro atoms. The Morgan fingerprint density at radius 2 is 2.00 bits per heavy atom. The Morgan fingerprint density at radius 1 is 1.22 bits per heavy atom. The summed E-state index contributed by atoms with van der Waals surface area (Å²) in [6.45, 7) is 6.18. The minimum Gasteiger partial charge on any atom is -0.400 e. The standard InChI is InChI=1S/C19H22N4S2.CH4O/c1-5-23-17(15-10-11-20-18(21-15)24-3)16(22-19(23)25-4)14-9-7-6-8-13(2)12-14;1-2/h5,9-12H,1,6-8H2,2-4H3;2H,1H3. The Balaban J connectivity index is 0.00000126. The second kappa shape index (κ2) is 10.5. The zero-order valence-corrected chi connectivity index (χ0v) is 17.9. The smallest absolute Gasteiger partial charge is 0.187 e. The van der Waals surface area contributed by atoms with Gasteiger partial charge in [0.2, 0.25) is 0 Å². The van der Waals surface area contributed by atoms with Gasteiger partial charge in [0.25, 0.3) is 0 Å². The van der Waals surface area contributed by atoms with E-state index in [-0.39, 0.29) is 0 Å². The summed E-state index contributed by atoms with van der Waals surface area (Å²) in [4.78, 5) is 13.9. The van der Waals surface area contributed by atoms with Gasteiger partial charge < -0.3 is 5.11 Å². The SMILES string of the molecule is C=Cn1c(SC)nc(C2=CCCCC(C)=C2)c1-c1ccnc(SC)n1.CO. The molecule has 2 heterocycles. The lowest BCUT2D eigenvalue weighted by Gasteiger charge is -2.08. The number of allylic oxidation sites excluding steroid dienone is 4. The summed E-state index contributed by atoms with van der Waals surface area (Å²) in [6.07, 6.45) is 15.6. The zero-order valence-electron chi connectivity index (χ0n) is 16.3. The van der Waals surface area contributed by atoms with E-state index in [1.54, 1.807) is 18.0 Å². The van der Waals surface area contributed by atoms with Crippen LogP contribution in [0.25, 0.3) is 23.2 Å². The number of aliphatic hydroxyl groups is 1. The van der Waals surface area contributed by atoms with Crippen molar-refractivity contribution in [2.75, 3.05) is 19.6 Å². The first-order valence-electron chi connectivity index (χ1n) is 8.66. The largest absolute Gasteiger partial charge is 0.400 e. The Labute approximate surface area is 169 Å². The summed E-state index contributed by atoms with van der Waals surface area (Å²) in [5.41, 5.74) is 5.38. The Bertz CT molecular complexity index is 856. The molecule has 0 saturated carbocycles. The third kappa shape index (κ3) is 4.91. The molecule has 0 atom stereocenters. The number of aromatic nitrogens is 4. The molecule has 2 aromatic rings. The fourth-order valence-corrected chi connectivity index (χ4v) is 3.84. The van der Waals surface area contributed by atoms with Gasteiger partial charge in [-0.25, -0.2) is 15.0 Å². The number of rotatable bonds is 5. The first kappa shape index (κ1) is 21.5. The third-order valence-corrected chi connectivity index (χ3v) is 5.33. The number of aliphatic hydroxyl groups excluding tert-OH is 1. The molecule has 3 rings (SSSR count). The number of thioether (sulfide) groups is 2. The van der Waals surface area contributed by atoms with Crippen molar-refractivity contribution in [1.29, 1.82) is 0 Å². The van der Waals surface area contributed by atoms with E-state index in [4.69, 9.17) is 15.1 Å². The van der Waals surface area contributed by atoms with Crippen LogP contribution in [0.2, 0.25) is 0 Å². The second-order valence-corrected chi connectivity index (χ2v) is 7.37. The van der Waals surface area contributed by atoms with Crippen LogP contribution in [0.5, 0.6) is 0 Å². The highest BCUT2D eigenvalue weighted by Gasteiger charge is 2.21. The number of imidazole rings is 1. The summed E-state index contributed by atoms with van der Waals surface area (Å²) < 4.78 is 2.03. The first-order chi connectivity index (χ1) is 13.2. The van der Waals surface area contributed by atoms with Gasteiger partial charge in [-0.2, -0.15) is 0 Å². The monoisotopic (exact) mass is 402 g/mol. The Kier molecular flexibility index (Phi) is 8.34. The van der Waals surface area contributed by atoms with Crippen molar-refractivity contribution in [1.82, 2.24) is 19.5 Å². The fourth-order valence-electron chi connectivity index (χ4n) is 2.94. The van der Waals surface area contributed by atoms with Gasteiger partial charge in [-0.1, -0.05) is 47.8 Å². The normalized spacial score (nSPS) is 13.8. The molecule has 0 aliphatic heterocycles. The van der Waals surface area contributed by atoms with Crippen molar-refractivity contribution in [2.24, 2.45) is 0 Å². The van der Waals surface area contributed by atoms with Crippen molar-refractivity contribution in [3.8, 4) is 11.4 Å². The minimum absolute atomic E-state index is 0.757. The van der Waals surface area contributed by atoms with Gasteiger partial charge >= 0.3 is 0 Å². The van der Waals surface area contributed by atoms with Crippen LogP contribution in [0, 0.1) is 0 Å². The molecule has 0 bridgehead atoms. The highest BCUT2D eigenvalue weighted by molar-refractivity contribution is 7.98. The molecule has 0 radical (unpaired) electrons. The van der Waals surface area contributed by atoms with E-state index in [9.17, 15) is 0 Å². The lowest BCUT2D eigenvalue weighted by Crippen LogP contribution is -1.97. The average molecular weight is 403 g/mol. The van der Waals surface area contributed by atoms with Crippen LogP contribution in [0.4, 0.5) is 0 Å². The van der Waals surface area contributed by atoms with Gasteiger partial charge in [0, 0.05) is 19.5 Å². The highest BCUT2D eigenvalue weighted by atomic mass is 32.2. The molecule has 1 aliphatic carbocycles. The predicted octanol–water partition coefficient (Wildman–Crippen LogP) is 5.01. The van der Waals surface area contributed by atoms with Gasteiger partial charge in [-0.15, -0.1) is 0 Å². The summed E-state index contributed by atoms with van der Waals surface area (Å²) in [5, 5.41) is 8.67. The third-order valence-electron chi connectivity index (χ3n) is 4.12.